The minimum absolute atomic E-state index is 0.228. The van der Waals surface area contributed by atoms with Crippen molar-refractivity contribution in [3.05, 3.63) is 254 Å². The summed E-state index contributed by atoms with van der Waals surface area (Å²) in [5.41, 5.74) is 23.8. The average molecular weight is 935 g/mol. The minimum atomic E-state index is 0.228. The van der Waals surface area contributed by atoms with E-state index in [4.69, 9.17) is 0 Å². The summed E-state index contributed by atoms with van der Waals surface area (Å²) in [5, 5.41) is 2.47. The first-order valence-electron chi connectivity index (χ1n) is 26.7. The first kappa shape index (κ1) is 41.4. The van der Waals surface area contributed by atoms with E-state index in [0.29, 0.717) is 5.41 Å². The van der Waals surface area contributed by atoms with Gasteiger partial charge in [-0.25, -0.2) is 0 Å². The Kier molecular flexibility index (Phi) is 8.88. The van der Waals surface area contributed by atoms with E-state index in [0.717, 1.165) is 46.4 Å². The van der Waals surface area contributed by atoms with Gasteiger partial charge in [-0.15, -0.1) is 0 Å². The van der Waals surface area contributed by atoms with Crippen LogP contribution >= 0.6 is 0 Å². The molecule has 73 heavy (non-hydrogen) atoms. The lowest BCUT2D eigenvalue weighted by molar-refractivity contribution is -0.0193. The molecule has 4 saturated carbocycles. The molecule has 11 aromatic rings. The van der Waals surface area contributed by atoms with E-state index in [-0.39, 0.29) is 5.41 Å². The van der Waals surface area contributed by atoms with Crippen molar-refractivity contribution in [3.63, 3.8) is 0 Å². The number of hydrogen-bond donors (Lipinski definition) is 0. The molecule has 5 aliphatic carbocycles. The second-order valence-corrected chi connectivity index (χ2v) is 22.1. The van der Waals surface area contributed by atoms with Gasteiger partial charge in [0.15, 0.2) is 0 Å². The van der Waals surface area contributed by atoms with E-state index < -0.39 is 0 Å². The van der Waals surface area contributed by atoms with Gasteiger partial charge in [0.2, 0.25) is 0 Å². The molecule has 1 heterocycles. The molecule has 0 aliphatic heterocycles. The molecule has 6 atom stereocenters. The lowest BCUT2D eigenvalue weighted by Gasteiger charge is -2.54. The van der Waals surface area contributed by atoms with Crippen molar-refractivity contribution in [1.82, 2.24) is 4.57 Å². The summed E-state index contributed by atoms with van der Waals surface area (Å²) < 4.78 is 2.43. The van der Waals surface area contributed by atoms with Gasteiger partial charge >= 0.3 is 0 Å². The molecule has 10 aromatic carbocycles. The fraction of sp³-hybridized carbons (Fsp3) is 0.155. The molecule has 348 valence electrons. The highest BCUT2D eigenvalue weighted by Gasteiger charge is 2.76. The van der Waals surface area contributed by atoms with Crippen LogP contribution in [0.4, 0.5) is 17.1 Å². The van der Waals surface area contributed by atoms with Crippen molar-refractivity contribution in [2.24, 2.45) is 29.1 Å². The monoisotopic (exact) mass is 934 g/mol. The smallest absolute Gasteiger partial charge is 0.0782 e. The van der Waals surface area contributed by atoms with Gasteiger partial charge in [-0.3, -0.25) is 0 Å². The summed E-state index contributed by atoms with van der Waals surface area (Å²) in [5.74, 6) is 3.58. The molecule has 6 unspecified atom stereocenters. The summed E-state index contributed by atoms with van der Waals surface area (Å²) in [6, 6.07) is 90.6. The number of aromatic nitrogens is 1. The highest BCUT2D eigenvalue weighted by molar-refractivity contribution is 6.14. The van der Waals surface area contributed by atoms with Crippen molar-refractivity contribution in [1.29, 1.82) is 0 Å². The maximum Gasteiger partial charge on any atom is 0.0782 e. The lowest BCUT2D eigenvalue weighted by atomic mass is 9.49. The molecule has 16 rings (SSSR count). The second-order valence-electron chi connectivity index (χ2n) is 22.1. The van der Waals surface area contributed by atoms with E-state index in [9.17, 15) is 0 Å². The predicted molar refractivity (Wildman–Crippen MR) is 303 cm³/mol. The van der Waals surface area contributed by atoms with Crippen molar-refractivity contribution < 1.29 is 0 Å². The first-order chi connectivity index (χ1) is 36.1. The summed E-state index contributed by atoms with van der Waals surface area (Å²) >= 11 is 0. The fourth-order valence-electron chi connectivity index (χ4n) is 16.1. The highest BCUT2D eigenvalue weighted by Crippen LogP contribution is 2.83. The molecular formula is C71H54N2. The second kappa shape index (κ2) is 15.6. The summed E-state index contributed by atoms with van der Waals surface area (Å²) in [4.78, 5) is 2.43. The topological polar surface area (TPSA) is 8.17 Å². The van der Waals surface area contributed by atoms with Crippen LogP contribution in [0, 0.1) is 29.1 Å². The zero-order valence-corrected chi connectivity index (χ0v) is 40.8. The molecule has 0 saturated heterocycles. The Labute approximate surface area is 427 Å². The number of rotatable bonds is 8. The van der Waals surface area contributed by atoms with Gasteiger partial charge in [-0.2, -0.15) is 0 Å². The van der Waals surface area contributed by atoms with Gasteiger partial charge in [0, 0.05) is 33.2 Å². The van der Waals surface area contributed by atoms with Gasteiger partial charge in [-0.1, -0.05) is 188 Å². The molecule has 2 spiro atoms. The molecule has 4 fully saturated rings. The molecular weight excluding hydrogens is 881 g/mol. The van der Waals surface area contributed by atoms with Crippen LogP contribution in [-0.2, 0) is 5.41 Å². The Bertz CT molecular complexity index is 3940. The number of nitrogens with zero attached hydrogens (tertiary/aromatic N) is 2. The van der Waals surface area contributed by atoms with Crippen molar-refractivity contribution in [3.8, 4) is 61.3 Å². The van der Waals surface area contributed by atoms with Gasteiger partial charge in [0.05, 0.1) is 16.7 Å². The maximum absolute atomic E-state index is 2.56. The van der Waals surface area contributed by atoms with E-state index in [1.165, 1.54) is 110 Å². The summed E-state index contributed by atoms with van der Waals surface area (Å²) in [6.07, 6.45) is 7.37. The first-order valence-corrected chi connectivity index (χ1v) is 26.7. The number of anilines is 3. The van der Waals surface area contributed by atoms with E-state index >= 15 is 0 Å². The highest BCUT2D eigenvalue weighted by atomic mass is 15.2. The van der Waals surface area contributed by atoms with Crippen LogP contribution in [0.1, 0.15) is 43.2 Å². The Morgan fingerprint density at radius 2 is 0.904 bits per heavy atom. The van der Waals surface area contributed by atoms with Crippen molar-refractivity contribution in [2.75, 3.05) is 4.90 Å². The van der Waals surface area contributed by atoms with Gasteiger partial charge in [-0.05, 0) is 183 Å². The summed E-state index contributed by atoms with van der Waals surface area (Å²) in [7, 11) is 0. The van der Waals surface area contributed by atoms with Crippen LogP contribution < -0.4 is 4.90 Å². The molecule has 2 nitrogen and oxygen atoms in total. The van der Waals surface area contributed by atoms with Crippen molar-refractivity contribution >= 4 is 38.9 Å². The Hall–Kier alpha value is -8.20. The zero-order valence-electron chi connectivity index (χ0n) is 40.8. The van der Waals surface area contributed by atoms with Gasteiger partial charge < -0.3 is 9.47 Å². The third-order valence-corrected chi connectivity index (χ3v) is 18.9. The van der Waals surface area contributed by atoms with Crippen LogP contribution in [-0.4, -0.2) is 4.57 Å². The Morgan fingerprint density at radius 3 is 1.59 bits per heavy atom. The van der Waals surface area contributed by atoms with Crippen LogP contribution in [0.15, 0.2) is 243 Å². The number of para-hydroxylation sites is 3. The maximum atomic E-state index is 2.56. The lowest BCUT2D eigenvalue weighted by Crippen LogP contribution is -2.50. The van der Waals surface area contributed by atoms with E-state index in [1.54, 1.807) is 11.1 Å². The molecule has 2 heteroatoms. The van der Waals surface area contributed by atoms with E-state index in [1.807, 2.05) is 0 Å². The van der Waals surface area contributed by atoms with E-state index in [2.05, 4.69) is 252 Å². The SMILES string of the molecule is c1ccc(-c2ccc(N(c3ccc(-c4ccc(-c5ccc(-c6ccc7c(c6)-c6ccccc6C76C7CC8CC9CC6C9(C8)C7)cc5)cc4)cc3)c3cccc4c5ccccc5n(-c5ccccc5)c34)cc2)cc1. The minimum Gasteiger partial charge on any atom is -0.308 e. The third-order valence-electron chi connectivity index (χ3n) is 18.9. The standard InChI is InChI=1S/C71H54N2/c1-3-12-47(13-4-1)51-30-35-58(36-31-51)72(67-21-11-18-62-61-17-8-10-20-66(61)73(69(62)67)57-14-5-2-6-15-57)59-37-32-52(33-38-59)50-24-22-48(23-25-50)49-26-28-53(29-27-49)54-34-39-65-63(42-54)60-16-7-9-19-64(60)71(65)56-41-46-40-55-43-68(71)70(55,44-46)45-56/h1-39,42,46,55-56,68H,40-41,43-45H2. The molecule has 5 aliphatic rings. The fourth-order valence-corrected chi connectivity index (χ4v) is 16.1. The normalized spacial score (nSPS) is 22.6. The number of hydrogen-bond acceptors (Lipinski definition) is 1. The van der Waals surface area contributed by atoms with Crippen LogP contribution in [0.3, 0.4) is 0 Å². The quantitative estimate of drug-likeness (QED) is 0.147. The molecule has 3 bridgehead atoms. The number of benzene rings is 10. The predicted octanol–water partition coefficient (Wildman–Crippen LogP) is 18.6. The van der Waals surface area contributed by atoms with Gasteiger partial charge in [0.25, 0.3) is 0 Å². The van der Waals surface area contributed by atoms with Crippen LogP contribution in [0.5, 0.6) is 0 Å². The Balaban J connectivity index is 0.712. The van der Waals surface area contributed by atoms with Crippen LogP contribution in [0.2, 0.25) is 0 Å². The Morgan fingerprint density at radius 1 is 0.384 bits per heavy atom. The molecule has 0 radical (unpaired) electrons. The molecule has 0 N–H and O–H groups in total. The summed E-state index contributed by atoms with van der Waals surface area (Å²) in [6.45, 7) is 0. The third kappa shape index (κ3) is 5.92. The molecule has 0 amide bonds. The zero-order chi connectivity index (χ0) is 47.8. The average Bonchev–Trinajstić information content (AvgIpc) is 4.10. The van der Waals surface area contributed by atoms with Crippen molar-refractivity contribution in [2.45, 2.75) is 37.5 Å². The van der Waals surface area contributed by atoms with Crippen LogP contribution in [0.25, 0.3) is 83.1 Å². The number of fused-ring (bicyclic) bond motifs is 12. The molecule has 1 aromatic heterocycles. The largest absolute Gasteiger partial charge is 0.308 e. The van der Waals surface area contributed by atoms with Gasteiger partial charge in [0.1, 0.15) is 0 Å².